The lowest BCUT2D eigenvalue weighted by molar-refractivity contribution is 0.252. The molecular formula is C13H18O. The van der Waals surface area contributed by atoms with Gasteiger partial charge >= 0.3 is 0 Å². The Bertz CT molecular complexity index is 304. The predicted molar refractivity (Wildman–Crippen MR) is 58.2 cm³/mol. The SMILES string of the molecule is CC(C)C1(c2ccccc2)CC1CO. The van der Waals surface area contributed by atoms with Crippen molar-refractivity contribution >= 4 is 0 Å². The molecule has 0 saturated heterocycles. The minimum atomic E-state index is 0.260. The Hall–Kier alpha value is -0.820. The van der Waals surface area contributed by atoms with Crippen LogP contribution in [0.15, 0.2) is 30.3 Å². The lowest BCUT2D eigenvalue weighted by Crippen LogP contribution is -2.19. The molecule has 0 heterocycles. The van der Waals surface area contributed by atoms with Crippen molar-refractivity contribution in [3.63, 3.8) is 0 Å². The fraction of sp³-hybridized carbons (Fsp3) is 0.538. The molecule has 1 N–H and O–H groups in total. The first kappa shape index (κ1) is 9.72. The molecule has 14 heavy (non-hydrogen) atoms. The Kier molecular flexibility index (Phi) is 2.36. The van der Waals surface area contributed by atoms with Crippen LogP contribution in [0.5, 0.6) is 0 Å². The van der Waals surface area contributed by atoms with Crippen molar-refractivity contribution in [1.82, 2.24) is 0 Å². The molecule has 2 rings (SSSR count). The van der Waals surface area contributed by atoms with Crippen LogP contribution in [0.1, 0.15) is 25.8 Å². The van der Waals surface area contributed by atoms with E-state index in [0.717, 1.165) is 6.42 Å². The topological polar surface area (TPSA) is 20.2 Å². The minimum Gasteiger partial charge on any atom is -0.396 e. The molecule has 1 aliphatic rings. The maximum atomic E-state index is 9.25. The molecule has 1 aromatic rings. The van der Waals surface area contributed by atoms with Crippen molar-refractivity contribution in [3.8, 4) is 0 Å². The Morgan fingerprint density at radius 3 is 2.43 bits per heavy atom. The smallest absolute Gasteiger partial charge is 0.0468 e. The number of hydrogen-bond acceptors (Lipinski definition) is 1. The minimum absolute atomic E-state index is 0.260. The summed E-state index contributed by atoms with van der Waals surface area (Å²) in [7, 11) is 0. The summed E-state index contributed by atoms with van der Waals surface area (Å²) >= 11 is 0. The average Bonchev–Trinajstić information content (AvgIpc) is 2.94. The first-order chi connectivity index (χ1) is 6.71. The highest BCUT2D eigenvalue weighted by molar-refractivity contribution is 5.34. The Morgan fingerprint density at radius 1 is 1.36 bits per heavy atom. The van der Waals surface area contributed by atoms with Gasteiger partial charge in [-0.1, -0.05) is 44.2 Å². The van der Waals surface area contributed by atoms with E-state index in [1.165, 1.54) is 5.56 Å². The van der Waals surface area contributed by atoms with E-state index in [1.807, 2.05) is 6.07 Å². The fourth-order valence-corrected chi connectivity index (χ4v) is 2.72. The second-order valence-electron chi connectivity index (χ2n) is 4.64. The third-order valence-corrected chi connectivity index (χ3v) is 3.71. The van der Waals surface area contributed by atoms with Crippen molar-refractivity contribution in [3.05, 3.63) is 35.9 Å². The van der Waals surface area contributed by atoms with Crippen LogP contribution in [0.3, 0.4) is 0 Å². The van der Waals surface area contributed by atoms with Gasteiger partial charge in [0.05, 0.1) is 0 Å². The van der Waals surface area contributed by atoms with Crippen LogP contribution in [0, 0.1) is 11.8 Å². The molecule has 1 aliphatic carbocycles. The quantitative estimate of drug-likeness (QED) is 0.776. The van der Waals surface area contributed by atoms with Crippen molar-refractivity contribution < 1.29 is 5.11 Å². The Balaban J connectivity index is 2.31. The van der Waals surface area contributed by atoms with Crippen LogP contribution < -0.4 is 0 Å². The molecule has 0 radical (unpaired) electrons. The second kappa shape index (κ2) is 3.39. The van der Waals surface area contributed by atoms with Crippen LogP contribution in [0.25, 0.3) is 0 Å². The van der Waals surface area contributed by atoms with Crippen LogP contribution in [0.4, 0.5) is 0 Å². The zero-order valence-corrected chi connectivity index (χ0v) is 8.90. The highest BCUT2D eigenvalue weighted by Crippen LogP contribution is 2.58. The largest absolute Gasteiger partial charge is 0.396 e. The zero-order chi connectivity index (χ0) is 10.2. The molecule has 1 nitrogen and oxygen atoms in total. The molecule has 76 valence electrons. The summed E-state index contributed by atoms with van der Waals surface area (Å²) in [4.78, 5) is 0. The van der Waals surface area contributed by atoms with Gasteiger partial charge in [-0.15, -0.1) is 0 Å². The molecule has 0 amide bonds. The Labute approximate surface area is 85.8 Å². The lowest BCUT2D eigenvalue weighted by atomic mass is 9.83. The van der Waals surface area contributed by atoms with E-state index in [2.05, 4.69) is 38.1 Å². The third kappa shape index (κ3) is 1.27. The van der Waals surface area contributed by atoms with Gasteiger partial charge in [0, 0.05) is 12.0 Å². The van der Waals surface area contributed by atoms with Crippen LogP contribution in [0.2, 0.25) is 0 Å². The predicted octanol–water partition coefficient (Wildman–Crippen LogP) is 2.59. The molecule has 0 bridgehead atoms. The molecule has 0 spiro atoms. The van der Waals surface area contributed by atoms with Gasteiger partial charge in [-0.05, 0) is 23.8 Å². The van der Waals surface area contributed by atoms with Gasteiger partial charge in [-0.2, -0.15) is 0 Å². The molecule has 2 unspecified atom stereocenters. The molecule has 1 saturated carbocycles. The molecule has 0 aliphatic heterocycles. The molecule has 2 atom stereocenters. The first-order valence-corrected chi connectivity index (χ1v) is 5.38. The number of hydrogen-bond donors (Lipinski definition) is 1. The van der Waals surface area contributed by atoms with Gasteiger partial charge < -0.3 is 5.11 Å². The summed E-state index contributed by atoms with van der Waals surface area (Å²) in [6, 6.07) is 10.6. The maximum absolute atomic E-state index is 9.25. The normalized spacial score (nSPS) is 30.7. The first-order valence-electron chi connectivity index (χ1n) is 5.38. The summed E-state index contributed by atoms with van der Waals surface area (Å²) in [6.45, 7) is 4.83. The molecular weight excluding hydrogens is 172 g/mol. The third-order valence-electron chi connectivity index (χ3n) is 3.71. The van der Waals surface area contributed by atoms with Crippen molar-refractivity contribution in [1.29, 1.82) is 0 Å². The number of rotatable bonds is 3. The van der Waals surface area contributed by atoms with E-state index in [1.54, 1.807) is 0 Å². The van der Waals surface area contributed by atoms with Gasteiger partial charge in [0.1, 0.15) is 0 Å². The molecule has 1 fully saturated rings. The summed E-state index contributed by atoms with van der Waals surface area (Å²) in [5.41, 5.74) is 1.66. The molecule has 1 heteroatoms. The van der Waals surface area contributed by atoms with Gasteiger partial charge in [-0.25, -0.2) is 0 Å². The van der Waals surface area contributed by atoms with Crippen molar-refractivity contribution in [2.75, 3.05) is 6.61 Å². The van der Waals surface area contributed by atoms with E-state index in [9.17, 15) is 5.11 Å². The maximum Gasteiger partial charge on any atom is 0.0468 e. The molecule has 1 aromatic carbocycles. The highest BCUT2D eigenvalue weighted by atomic mass is 16.3. The van der Waals surface area contributed by atoms with E-state index in [0.29, 0.717) is 18.4 Å². The second-order valence-corrected chi connectivity index (χ2v) is 4.64. The number of aliphatic hydroxyl groups excluding tert-OH is 1. The zero-order valence-electron chi connectivity index (χ0n) is 8.90. The van der Waals surface area contributed by atoms with Crippen LogP contribution in [-0.4, -0.2) is 11.7 Å². The van der Waals surface area contributed by atoms with Crippen LogP contribution in [-0.2, 0) is 5.41 Å². The van der Waals surface area contributed by atoms with Gasteiger partial charge in [0.2, 0.25) is 0 Å². The highest BCUT2D eigenvalue weighted by Gasteiger charge is 2.56. The Morgan fingerprint density at radius 2 is 2.00 bits per heavy atom. The van der Waals surface area contributed by atoms with E-state index in [4.69, 9.17) is 0 Å². The number of aliphatic hydroxyl groups is 1. The van der Waals surface area contributed by atoms with Gasteiger partial charge in [0.15, 0.2) is 0 Å². The lowest BCUT2D eigenvalue weighted by Gasteiger charge is -2.22. The summed E-state index contributed by atoms with van der Waals surface area (Å²) < 4.78 is 0. The summed E-state index contributed by atoms with van der Waals surface area (Å²) in [6.07, 6.45) is 1.14. The van der Waals surface area contributed by atoms with Crippen molar-refractivity contribution in [2.45, 2.75) is 25.7 Å². The van der Waals surface area contributed by atoms with Crippen molar-refractivity contribution in [2.24, 2.45) is 11.8 Å². The summed E-state index contributed by atoms with van der Waals surface area (Å²) in [5.74, 6) is 1.09. The van der Waals surface area contributed by atoms with Gasteiger partial charge in [0.25, 0.3) is 0 Å². The number of benzene rings is 1. The van der Waals surface area contributed by atoms with Gasteiger partial charge in [-0.3, -0.25) is 0 Å². The fourth-order valence-electron chi connectivity index (χ4n) is 2.72. The molecule has 0 aromatic heterocycles. The monoisotopic (exact) mass is 190 g/mol. The van der Waals surface area contributed by atoms with E-state index < -0.39 is 0 Å². The van der Waals surface area contributed by atoms with Crippen LogP contribution >= 0.6 is 0 Å². The van der Waals surface area contributed by atoms with E-state index >= 15 is 0 Å². The summed E-state index contributed by atoms with van der Waals surface area (Å²) in [5, 5.41) is 9.25. The standard InChI is InChI=1S/C13H18O/c1-10(2)13(8-12(13)9-14)11-6-4-3-5-7-11/h3-7,10,12,14H,8-9H2,1-2H3. The van der Waals surface area contributed by atoms with E-state index in [-0.39, 0.29) is 5.41 Å². The average molecular weight is 190 g/mol.